The Hall–Kier alpha value is -1.54. The molecule has 10 heteroatoms. The lowest BCUT2D eigenvalue weighted by Crippen LogP contribution is -2.51. The van der Waals surface area contributed by atoms with Gasteiger partial charge in [-0.1, -0.05) is 11.6 Å². The Labute approximate surface area is 170 Å². The van der Waals surface area contributed by atoms with E-state index in [1.165, 1.54) is 0 Å². The van der Waals surface area contributed by atoms with Crippen LogP contribution in [0, 0.1) is 0 Å². The van der Waals surface area contributed by atoms with E-state index >= 15 is 0 Å². The number of anilines is 1. The summed E-state index contributed by atoms with van der Waals surface area (Å²) in [5.41, 5.74) is 0.881. The second-order valence-corrected chi connectivity index (χ2v) is 6.25. The smallest absolute Gasteiger partial charge is 0.244 e. The number of aromatic nitrogens is 3. The predicted molar refractivity (Wildman–Crippen MR) is 108 cm³/mol. The van der Waals surface area contributed by atoms with Crippen LogP contribution >= 0.6 is 36.4 Å². The third kappa shape index (κ3) is 5.01. The zero-order valence-electron chi connectivity index (χ0n) is 14.6. The number of nitrogens with one attached hydrogen (secondary N) is 1. The average Bonchev–Trinajstić information content (AvgIpc) is 3.02. The minimum atomic E-state index is -0.362. The quantitative estimate of drug-likeness (QED) is 0.817. The lowest BCUT2D eigenvalue weighted by Gasteiger charge is -2.36. The summed E-state index contributed by atoms with van der Waals surface area (Å²) in [7, 11) is 3.64. The van der Waals surface area contributed by atoms with Crippen molar-refractivity contribution >= 4 is 48.1 Å². The minimum absolute atomic E-state index is 0. The maximum atomic E-state index is 12.8. The van der Waals surface area contributed by atoms with Crippen molar-refractivity contribution in [1.82, 2.24) is 25.0 Å². The van der Waals surface area contributed by atoms with E-state index in [2.05, 4.69) is 20.3 Å². The molecule has 1 saturated heterocycles. The number of nitrogens with zero attached hydrogens (tertiary/aromatic N) is 5. The summed E-state index contributed by atoms with van der Waals surface area (Å²) in [6.45, 7) is 2.84. The number of rotatable bonds is 4. The molecular weight excluding hydrogens is 399 g/mol. The van der Waals surface area contributed by atoms with Crippen molar-refractivity contribution in [3.05, 3.63) is 41.3 Å². The van der Waals surface area contributed by atoms with Crippen LogP contribution in [0.25, 0.3) is 0 Å². The Balaban J connectivity index is 0.00000169. The third-order valence-electron chi connectivity index (χ3n) is 4.22. The van der Waals surface area contributed by atoms with Crippen LogP contribution in [0.2, 0.25) is 5.02 Å². The number of hydrogen-bond donors (Lipinski definition) is 1. The van der Waals surface area contributed by atoms with Crippen LogP contribution < -0.4 is 10.2 Å². The van der Waals surface area contributed by atoms with Gasteiger partial charge in [0.25, 0.3) is 0 Å². The van der Waals surface area contributed by atoms with Crippen LogP contribution in [0.1, 0.15) is 11.6 Å². The first kappa shape index (κ1) is 22.5. The van der Waals surface area contributed by atoms with E-state index in [0.717, 1.165) is 24.5 Å². The molecule has 7 nitrogen and oxygen atoms in total. The van der Waals surface area contributed by atoms with Crippen molar-refractivity contribution in [2.75, 3.05) is 38.1 Å². The number of likely N-dealkylation sites (N-methyl/N-ethyl adjacent to an activating group) is 1. The molecule has 26 heavy (non-hydrogen) atoms. The van der Waals surface area contributed by atoms with Gasteiger partial charge >= 0.3 is 0 Å². The molecule has 1 aliphatic rings. The van der Waals surface area contributed by atoms with Crippen molar-refractivity contribution in [1.29, 1.82) is 0 Å². The van der Waals surface area contributed by atoms with Crippen LogP contribution in [-0.2, 0) is 11.8 Å². The summed E-state index contributed by atoms with van der Waals surface area (Å²) in [5, 5.41) is 7.87. The number of carbonyl (C=O) groups is 1. The minimum Gasteiger partial charge on any atom is -0.353 e. The van der Waals surface area contributed by atoms with Gasteiger partial charge in [-0.05, 0) is 19.2 Å². The molecule has 1 aliphatic heterocycles. The summed E-state index contributed by atoms with van der Waals surface area (Å²) in [5.74, 6) is 0.971. The molecule has 0 saturated carbocycles. The molecule has 144 valence electrons. The third-order valence-corrected chi connectivity index (χ3v) is 4.44. The van der Waals surface area contributed by atoms with Gasteiger partial charge in [-0.15, -0.1) is 24.8 Å². The van der Waals surface area contributed by atoms with E-state index in [4.69, 9.17) is 11.6 Å². The van der Waals surface area contributed by atoms with E-state index < -0.39 is 0 Å². The molecule has 1 fully saturated rings. The van der Waals surface area contributed by atoms with E-state index in [1.807, 2.05) is 30.3 Å². The predicted octanol–water partition coefficient (Wildman–Crippen LogP) is 1.92. The van der Waals surface area contributed by atoms with Crippen LogP contribution in [0.3, 0.4) is 0 Å². The molecule has 2 aromatic heterocycles. The highest BCUT2D eigenvalue weighted by molar-refractivity contribution is 6.30. The summed E-state index contributed by atoms with van der Waals surface area (Å²) in [6, 6.07) is 3.38. The summed E-state index contributed by atoms with van der Waals surface area (Å²) in [6.07, 6.45) is 5.24. The lowest BCUT2D eigenvalue weighted by atomic mass is 10.1. The van der Waals surface area contributed by atoms with Gasteiger partial charge in [0.15, 0.2) is 0 Å². The number of aryl methyl sites for hydroxylation is 1. The van der Waals surface area contributed by atoms with Gasteiger partial charge in [-0.25, -0.2) is 4.98 Å². The summed E-state index contributed by atoms with van der Waals surface area (Å²) < 4.78 is 1.71. The molecule has 0 spiro atoms. The van der Waals surface area contributed by atoms with Crippen LogP contribution in [0.5, 0.6) is 0 Å². The average molecular weight is 422 g/mol. The zero-order chi connectivity index (χ0) is 17.1. The second kappa shape index (κ2) is 9.97. The Kier molecular flexibility index (Phi) is 8.62. The van der Waals surface area contributed by atoms with E-state index in [1.54, 1.807) is 24.1 Å². The van der Waals surface area contributed by atoms with Gasteiger partial charge in [0.05, 0.1) is 11.2 Å². The van der Waals surface area contributed by atoms with Gasteiger partial charge in [0.2, 0.25) is 5.91 Å². The number of amides is 1. The number of carbonyl (C=O) groups excluding carboxylic acids is 1. The first-order valence-electron chi connectivity index (χ1n) is 7.89. The van der Waals surface area contributed by atoms with E-state index in [-0.39, 0.29) is 36.8 Å². The Morgan fingerprint density at radius 1 is 1.19 bits per heavy atom. The van der Waals surface area contributed by atoms with E-state index in [9.17, 15) is 4.79 Å². The van der Waals surface area contributed by atoms with Crippen LogP contribution in [-0.4, -0.2) is 58.8 Å². The number of pyridine rings is 1. The summed E-state index contributed by atoms with van der Waals surface area (Å²) in [4.78, 5) is 21.2. The number of halogens is 3. The maximum Gasteiger partial charge on any atom is 0.244 e. The molecule has 0 aromatic carbocycles. The first-order valence-corrected chi connectivity index (χ1v) is 8.27. The molecule has 0 aliphatic carbocycles. The van der Waals surface area contributed by atoms with Crippen LogP contribution in [0.4, 0.5) is 5.82 Å². The first-order chi connectivity index (χ1) is 11.6. The molecule has 3 heterocycles. The normalized spacial score (nSPS) is 15.0. The molecular formula is C16H23Cl3N6O. The second-order valence-electron chi connectivity index (χ2n) is 5.82. The fourth-order valence-electron chi connectivity index (χ4n) is 2.92. The van der Waals surface area contributed by atoms with Gasteiger partial charge in [-0.3, -0.25) is 9.48 Å². The fourth-order valence-corrected chi connectivity index (χ4v) is 3.03. The largest absolute Gasteiger partial charge is 0.353 e. The van der Waals surface area contributed by atoms with E-state index in [0.29, 0.717) is 18.1 Å². The van der Waals surface area contributed by atoms with Crippen molar-refractivity contribution in [3.8, 4) is 0 Å². The highest BCUT2D eigenvalue weighted by atomic mass is 35.5. The number of hydrogen-bond acceptors (Lipinski definition) is 5. The molecule has 1 unspecified atom stereocenters. The van der Waals surface area contributed by atoms with Gasteiger partial charge < -0.3 is 15.1 Å². The zero-order valence-corrected chi connectivity index (χ0v) is 17.0. The molecule has 0 radical (unpaired) electrons. The molecule has 1 atom stereocenters. The standard InChI is InChI=1S/C16H21ClN6O.2ClH/c1-18-15(12-9-20-21(2)11-12)16(24)23-7-5-22(6-8-23)14-4-3-13(17)10-19-14;;/h3-4,9-11,15,18H,5-8H2,1-2H3;2*1H. The van der Waals surface area contributed by atoms with Crippen molar-refractivity contribution < 1.29 is 4.79 Å². The molecule has 1 N–H and O–H groups in total. The lowest BCUT2D eigenvalue weighted by molar-refractivity contribution is -0.133. The molecule has 3 rings (SSSR count). The fraction of sp³-hybridized carbons (Fsp3) is 0.438. The Morgan fingerprint density at radius 3 is 2.38 bits per heavy atom. The maximum absolute atomic E-state index is 12.8. The molecule has 0 bridgehead atoms. The van der Waals surface area contributed by atoms with Gasteiger partial charge in [-0.2, -0.15) is 5.10 Å². The number of piperazine rings is 1. The van der Waals surface area contributed by atoms with Gasteiger partial charge in [0, 0.05) is 51.2 Å². The SMILES string of the molecule is CNC(C(=O)N1CCN(c2ccc(Cl)cn2)CC1)c1cnn(C)c1.Cl.Cl. The van der Waals surface area contributed by atoms with Gasteiger partial charge in [0.1, 0.15) is 11.9 Å². The monoisotopic (exact) mass is 420 g/mol. The molecule has 2 aromatic rings. The topological polar surface area (TPSA) is 66.3 Å². The highest BCUT2D eigenvalue weighted by Gasteiger charge is 2.28. The van der Waals surface area contributed by atoms with Crippen molar-refractivity contribution in [2.45, 2.75) is 6.04 Å². The highest BCUT2D eigenvalue weighted by Crippen LogP contribution is 2.19. The van der Waals surface area contributed by atoms with Crippen molar-refractivity contribution in [2.24, 2.45) is 7.05 Å². The Bertz CT molecular complexity index is 700. The Morgan fingerprint density at radius 2 is 1.88 bits per heavy atom. The van der Waals surface area contributed by atoms with Crippen LogP contribution in [0.15, 0.2) is 30.7 Å². The molecule has 1 amide bonds. The van der Waals surface area contributed by atoms with Crippen molar-refractivity contribution in [3.63, 3.8) is 0 Å². The summed E-state index contributed by atoms with van der Waals surface area (Å²) >= 11 is 5.88.